The van der Waals surface area contributed by atoms with Crippen molar-refractivity contribution in [3.8, 4) is 0 Å². The molecule has 0 fully saturated rings. The predicted octanol–water partition coefficient (Wildman–Crippen LogP) is 3.35. The minimum Gasteiger partial charge on any atom is -0.295 e. The molecule has 0 aromatic heterocycles. The molecule has 0 bridgehead atoms. The molecule has 0 aliphatic rings. The molecule has 1 heteroatoms. The highest BCUT2D eigenvalue weighted by Gasteiger charge is 2.20. The fourth-order valence-corrected chi connectivity index (χ4v) is 0.882. The van der Waals surface area contributed by atoms with Crippen LogP contribution in [0, 0.1) is 5.41 Å². The van der Waals surface area contributed by atoms with Crippen LogP contribution in [0.5, 0.6) is 0 Å². The predicted molar refractivity (Wildman–Crippen MR) is 53.1 cm³/mol. The molecular weight excluding hydrogens is 148 g/mol. The Bertz CT molecular complexity index is 177. The molecule has 0 aliphatic carbocycles. The molecule has 0 unspecified atom stereocenters. The van der Waals surface area contributed by atoms with Crippen molar-refractivity contribution < 1.29 is 4.79 Å². The molecule has 0 aliphatic heterocycles. The number of hydrogen-bond acceptors (Lipinski definition) is 1. The summed E-state index contributed by atoms with van der Waals surface area (Å²) in [5.74, 6) is 0.226. The van der Waals surface area contributed by atoms with Gasteiger partial charge >= 0.3 is 0 Å². The lowest BCUT2D eigenvalue weighted by Gasteiger charge is -2.21. The molecule has 0 radical (unpaired) electrons. The summed E-state index contributed by atoms with van der Waals surface area (Å²) in [7, 11) is 0. The number of allylic oxidation sites excluding steroid dienone is 1. The van der Waals surface area contributed by atoms with Gasteiger partial charge in [0.05, 0.1) is 0 Å². The second-order valence-electron chi connectivity index (χ2n) is 4.07. The van der Waals surface area contributed by atoms with Crippen LogP contribution >= 0.6 is 0 Å². The third kappa shape index (κ3) is 3.70. The Morgan fingerprint density at radius 2 is 1.83 bits per heavy atom. The van der Waals surface area contributed by atoms with E-state index >= 15 is 0 Å². The highest BCUT2D eigenvalue weighted by atomic mass is 16.1. The first-order valence-corrected chi connectivity index (χ1v) is 4.64. The van der Waals surface area contributed by atoms with E-state index in [0.717, 1.165) is 18.4 Å². The van der Waals surface area contributed by atoms with Gasteiger partial charge in [-0.15, -0.1) is 0 Å². The molecule has 0 spiro atoms. The topological polar surface area (TPSA) is 17.1 Å². The van der Waals surface area contributed by atoms with Gasteiger partial charge in [0.2, 0.25) is 0 Å². The largest absolute Gasteiger partial charge is 0.295 e. The van der Waals surface area contributed by atoms with Crippen LogP contribution in [0.1, 0.15) is 47.0 Å². The van der Waals surface area contributed by atoms with Crippen LogP contribution in [-0.4, -0.2) is 5.78 Å². The Balaban J connectivity index is 4.09. The summed E-state index contributed by atoms with van der Waals surface area (Å²) in [6, 6.07) is 0. The van der Waals surface area contributed by atoms with Crippen molar-refractivity contribution in [3.05, 3.63) is 12.2 Å². The van der Waals surface area contributed by atoms with Gasteiger partial charge in [-0.05, 0) is 17.4 Å². The number of ketones is 1. The fourth-order valence-electron chi connectivity index (χ4n) is 0.882. The Hall–Kier alpha value is -0.590. The van der Waals surface area contributed by atoms with Gasteiger partial charge in [0.25, 0.3) is 0 Å². The van der Waals surface area contributed by atoms with Gasteiger partial charge < -0.3 is 0 Å². The van der Waals surface area contributed by atoms with E-state index < -0.39 is 0 Å². The monoisotopic (exact) mass is 168 g/mol. The van der Waals surface area contributed by atoms with Crippen LogP contribution in [0.4, 0.5) is 0 Å². The van der Waals surface area contributed by atoms with Gasteiger partial charge in [0.1, 0.15) is 0 Å². The van der Waals surface area contributed by atoms with Gasteiger partial charge in [0.15, 0.2) is 5.78 Å². The first-order chi connectivity index (χ1) is 5.43. The maximum atomic E-state index is 11.4. The SMILES string of the molecule is C=C(CC)C(=O)CC(C)(C)CC. The van der Waals surface area contributed by atoms with Crippen molar-refractivity contribution in [2.45, 2.75) is 47.0 Å². The van der Waals surface area contributed by atoms with E-state index in [1.807, 2.05) is 6.92 Å². The molecule has 0 aromatic rings. The van der Waals surface area contributed by atoms with Gasteiger partial charge in [0, 0.05) is 6.42 Å². The summed E-state index contributed by atoms with van der Waals surface area (Å²) < 4.78 is 0. The van der Waals surface area contributed by atoms with Crippen LogP contribution in [-0.2, 0) is 4.79 Å². The van der Waals surface area contributed by atoms with Crippen molar-refractivity contribution in [2.24, 2.45) is 5.41 Å². The number of carbonyl (C=O) groups excluding carboxylic acids is 1. The molecular formula is C11H20O. The molecule has 0 atom stereocenters. The van der Waals surface area contributed by atoms with Crippen molar-refractivity contribution in [3.63, 3.8) is 0 Å². The standard InChI is InChI=1S/C11H20O/c1-6-9(3)10(12)8-11(4,5)7-2/h3,6-8H2,1-2,4-5H3. The minimum atomic E-state index is 0.134. The molecule has 0 amide bonds. The van der Waals surface area contributed by atoms with Gasteiger partial charge in [-0.3, -0.25) is 4.79 Å². The Labute approximate surface area is 75.9 Å². The van der Waals surface area contributed by atoms with Gasteiger partial charge in [-0.1, -0.05) is 40.7 Å². The number of carbonyl (C=O) groups is 1. The zero-order chi connectivity index (χ0) is 9.78. The Kier molecular flexibility index (Phi) is 4.22. The highest BCUT2D eigenvalue weighted by Crippen LogP contribution is 2.26. The van der Waals surface area contributed by atoms with E-state index in [1.54, 1.807) is 0 Å². The van der Waals surface area contributed by atoms with Gasteiger partial charge in [-0.25, -0.2) is 0 Å². The quantitative estimate of drug-likeness (QED) is 0.575. The first-order valence-electron chi connectivity index (χ1n) is 4.64. The highest BCUT2D eigenvalue weighted by molar-refractivity contribution is 5.94. The van der Waals surface area contributed by atoms with Crippen LogP contribution in [0.2, 0.25) is 0 Å². The molecule has 70 valence electrons. The van der Waals surface area contributed by atoms with Gasteiger partial charge in [-0.2, -0.15) is 0 Å². The summed E-state index contributed by atoms with van der Waals surface area (Å²) in [5, 5.41) is 0. The molecule has 0 heterocycles. The molecule has 0 aromatic carbocycles. The Morgan fingerprint density at radius 3 is 2.17 bits per heavy atom. The third-order valence-electron chi connectivity index (χ3n) is 2.42. The zero-order valence-corrected chi connectivity index (χ0v) is 8.74. The lowest BCUT2D eigenvalue weighted by molar-refractivity contribution is -0.117. The molecule has 12 heavy (non-hydrogen) atoms. The zero-order valence-electron chi connectivity index (χ0n) is 8.74. The summed E-state index contributed by atoms with van der Waals surface area (Å²) >= 11 is 0. The van der Waals surface area contributed by atoms with E-state index in [-0.39, 0.29) is 11.2 Å². The lowest BCUT2D eigenvalue weighted by Crippen LogP contribution is -2.16. The summed E-state index contributed by atoms with van der Waals surface area (Å²) in [5.41, 5.74) is 0.895. The maximum Gasteiger partial charge on any atom is 0.158 e. The average molecular weight is 168 g/mol. The van der Waals surface area contributed by atoms with Crippen molar-refractivity contribution >= 4 is 5.78 Å². The second kappa shape index (κ2) is 4.44. The van der Waals surface area contributed by atoms with E-state index in [2.05, 4.69) is 27.4 Å². The van der Waals surface area contributed by atoms with Crippen LogP contribution in [0.25, 0.3) is 0 Å². The lowest BCUT2D eigenvalue weighted by atomic mass is 9.83. The maximum absolute atomic E-state index is 11.4. The van der Waals surface area contributed by atoms with Crippen molar-refractivity contribution in [1.82, 2.24) is 0 Å². The third-order valence-corrected chi connectivity index (χ3v) is 2.42. The molecule has 0 N–H and O–H groups in total. The molecule has 0 rings (SSSR count). The number of rotatable bonds is 5. The normalized spacial score (nSPS) is 11.3. The van der Waals surface area contributed by atoms with E-state index in [1.165, 1.54) is 0 Å². The molecule has 0 saturated heterocycles. The van der Waals surface area contributed by atoms with Crippen LogP contribution < -0.4 is 0 Å². The summed E-state index contributed by atoms with van der Waals surface area (Å²) in [6.45, 7) is 12.1. The van der Waals surface area contributed by atoms with Crippen LogP contribution in [0.3, 0.4) is 0 Å². The second-order valence-corrected chi connectivity index (χ2v) is 4.07. The van der Waals surface area contributed by atoms with E-state index in [4.69, 9.17) is 0 Å². The molecule has 0 saturated carbocycles. The minimum absolute atomic E-state index is 0.134. The fraction of sp³-hybridized carbons (Fsp3) is 0.727. The van der Waals surface area contributed by atoms with E-state index in [0.29, 0.717) is 6.42 Å². The smallest absolute Gasteiger partial charge is 0.158 e. The summed E-state index contributed by atoms with van der Waals surface area (Å²) in [4.78, 5) is 11.4. The molecule has 1 nitrogen and oxygen atoms in total. The summed E-state index contributed by atoms with van der Waals surface area (Å²) in [6.07, 6.45) is 2.45. The number of hydrogen-bond donors (Lipinski definition) is 0. The Morgan fingerprint density at radius 1 is 1.33 bits per heavy atom. The van der Waals surface area contributed by atoms with Crippen molar-refractivity contribution in [2.75, 3.05) is 0 Å². The number of Topliss-reactive ketones (excluding diaryl/α,β-unsaturated/α-hetero) is 1. The van der Waals surface area contributed by atoms with E-state index in [9.17, 15) is 4.79 Å². The van der Waals surface area contributed by atoms with Crippen LogP contribution in [0.15, 0.2) is 12.2 Å². The van der Waals surface area contributed by atoms with Crippen molar-refractivity contribution in [1.29, 1.82) is 0 Å². The average Bonchev–Trinajstić information content (AvgIpc) is 2.02. The first kappa shape index (κ1) is 11.4.